The molecule has 0 radical (unpaired) electrons. The number of sulfonamides is 2. The minimum absolute atomic E-state index is 0.0611. The van der Waals surface area contributed by atoms with Crippen molar-refractivity contribution in [2.24, 2.45) is 11.8 Å². The Kier molecular flexibility index (Phi) is 10.4. The minimum Gasteiger partial charge on any atom is -0.383 e. The summed E-state index contributed by atoms with van der Waals surface area (Å²) >= 11 is 11.7. The van der Waals surface area contributed by atoms with Gasteiger partial charge in [-0.1, -0.05) is 43.5 Å². The van der Waals surface area contributed by atoms with Gasteiger partial charge in [-0.2, -0.15) is 8.61 Å². The van der Waals surface area contributed by atoms with Gasteiger partial charge >= 0.3 is 0 Å². The van der Waals surface area contributed by atoms with E-state index in [-0.39, 0.29) is 51.3 Å². The third kappa shape index (κ3) is 6.69. The van der Waals surface area contributed by atoms with Crippen molar-refractivity contribution in [3.63, 3.8) is 0 Å². The molecular formula is C33H41Cl2N3O6S2. The van der Waals surface area contributed by atoms with Crippen LogP contribution in [0.2, 0.25) is 10.0 Å². The predicted molar refractivity (Wildman–Crippen MR) is 179 cm³/mol. The molecule has 6 unspecified atom stereocenters. The molecule has 0 aromatic heterocycles. The molecule has 4 bridgehead atoms. The fourth-order valence-corrected chi connectivity index (χ4v) is 11.5. The molecule has 250 valence electrons. The molecule has 4 heterocycles. The molecule has 4 aliphatic rings. The van der Waals surface area contributed by atoms with Crippen LogP contribution in [0.3, 0.4) is 0 Å². The van der Waals surface area contributed by atoms with E-state index in [2.05, 4.69) is 0 Å². The van der Waals surface area contributed by atoms with E-state index in [1.165, 1.54) is 24.3 Å². The molecule has 9 nitrogen and oxygen atoms in total. The van der Waals surface area contributed by atoms with Gasteiger partial charge in [-0.3, -0.25) is 9.59 Å². The summed E-state index contributed by atoms with van der Waals surface area (Å²) in [5, 5.41) is 1.01. The van der Waals surface area contributed by atoms with Gasteiger partial charge < -0.3 is 4.90 Å². The fraction of sp³-hybridized carbons (Fsp3) is 0.515. The summed E-state index contributed by atoms with van der Waals surface area (Å²) in [4.78, 5) is 27.1. The number of halogens is 2. The van der Waals surface area contributed by atoms with Gasteiger partial charge in [0.1, 0.15) is 5.78 Å². The molecule has 4 saturated heterocycles. The van der Waals surface area contributed by atoms with Crippen LogP contribution in [-0.2, 0) is 29.6 Å². The molecule has 4 fully saturated rings. The number of piperidine rings is 4. The highest BCUT2D eigenvalue weighted by molar-refractivity contribution is 7.89. The summed E-state index contributed by atoms with van der Waals surface area (Å²) in [6.45, 7) is 3.68. The van der Waals surface area contributed by atoms with Gasteiger partial charge in [0.15, 0.2) is 5.78 Å². The second-order valence-electron chi connectivity index (χ2n) is 12.9. The van der Waals surface area contributed by atoms with E-state index in [4.69, 9.17) is 23.2 Å². The first-order valence-electron chi connectivity index (χ1n) is 15.7. The first-order valence-corrected chi connectivity index (χ1v) is 19.3. The smallest absolute Gasteiger partial charge is 0.243 e. The third-order valence-corrected chi connectivity index (χ3v) is 14.1. The molecule has 0 aliphatic carbocycles. The lowest BCUT2D eigenvalue weighted by Crippen LogP contribution is -2.59. The van der Waals surface area contributed by atoms with Crippen molar-refractivity contribution in [1.29, 1.82) is 0 Å². The number of benzene rings is 2. The maximum Gasteiger partial charge on any atom is 0.243 e. The van der Waals surface area contributed by atoms with Crippen molar-refractivity contribution >= 4 is 54.8 Å². The van der Waals surface area contributed by atoms with Gasteiger partial charge in [-0.15, -0.1) is 0 Å². The summed E-state index contributed by atoms with van der Waals surface area (Å²) in [5.74, 6) is -0.313. The minimum atomic E-state index is -3.70. The summed E-state index contributed by atoms with van der Waals surface area (Å²) in [7, 11) is -3.58. The van der Waals surface area contributed by atoms with Gasteiger partial charge in [0.25, 0.3) is 0 Å². The molecule has 0 spiro atoms. The lowest BCUT2D eigenvalue weighted by Gasteiger charge is -2.48. The molecule has 13 heteroatoms. The van der Waals surface area contributed by atoms with Crippen molar-refractivity contribution in [3.05, 3.63) is 70.3 Å². The van der Waals surface area contributed by atoms with E-state index in [9.17, 15) is 26.4 Å². The van der Waals surface area contributed by atoms with Gasteiger partial charge in [0, 0.05) is 72.3 Å². The van der Waals surface area contributed by atoms with Crippen molar-refractivity contribution < 1.29 is 26.4 Å². The summed E-state index contributed by atoms with van der Waals surface area (Å²) < 4.78 is 55.7. The van der Waals surface area contributed by atoms with Crippen molar-refractivity contribution in [3.8, 4) is 0 Å². The van der Waals surface area contributed by atoms with E-state index in [1.54, 1.807) is 39.1 Å². The van der Waals surface area contributed by atoms with E-state index >= 15 is 0 Å². The van der Waals surface area contributed by atoms with Crippen LogP contribution in [-0.4, -0.2) is 80.2 Å². The normalized spacial score (nSPS) is 29.7. The van der Waals surface area contributed by atoms with Crippen LogP contribution in [0.4, 0.5) is 0 Å². The maximum atomic E-state index is 13.3. The number of ketones is 2. The molecular weight excluding hydrogens is 669 g/mol. The summed E-state index contributed by atoms with van der Waals surface area (Å²) in [5.41, 5.74) is 0.589. The first-order chi connectivity index (χ1) is 21.6. The monoisotopic (exact) mass is 709 g/mol. The summed E-state index contributed by atoms with van der Waals surface area (Å²) in [6.07, 6.45) is 6.93. The quantitative estimate of drug-likeness (QED) is 0.362. The lowest BCUT2D eigenvalue weighted by molar-refractivity contribution is -0.129. The van der Waals surface area contributed by atoms with E-state index in [0.717, 1.165) is 25.7 Å². The second kappa shape index (κ2) is 13.7. The number of rotatable bonds is 5. The molecule has 2 aromatic rings. The van der Waals surface area contributed by atoms with Crippen LogP contribution in [0, 0.1) is 11.8 Å². The Labute approximate surface area is 282 Å². The SMILES string of the molecule is CC1C(=O)/C(=C\N(C)C)C2CCCC1N2S(=O)(=O)c1ccc(Cl)cc1.CC1C(=O)CC2CCCC1N2S(=O)(=O)c1ccc(Cl)cc1. The molecule has 0 N–H and O–H groups in total. The molecule has 6 rings (SSSR count). The zero-order valence-electron chi connectivity index (χ0n) is 26.5. The van der Waals surface area contributed by atoms with Crippen LogP contribution in [0.25, 0.3) is 0 Å². The Balaban J connectivity index is 0.000000184. The third-order valence-electron chi connectivity index (χ3n) is 9.67. The number of carbonyl (C=O) groups excluding carboxylic acids is 2. The highest BCUT2D eigenvalue weighted by Crippen LogP contribution is 2.42. The molecule has 0 saturated carbocycles. The van der Waals surface area contributed by atoms with Crippen LogP contribution in [0.15, 0.2) is 70.1 Å². The second-order valence-corrected chi connectivity index (χ2v) is 17.5. The molecule has 46 heavy (non-hydrogen) atoms. The Bertz CT molecular complexity index is 1710. The number of hydrogen-bond donors (Lipinski definition) is 0. The number of carbonyl (C=O) groups is 2. The maximum absolute atomic E-state index is 13.3. The standard InChI is InChI=1S/C18H23ClN2O3S.C15H18ClNO3S/c1-12-16-5-4-6-17(15(18(12)22)11-20(2)3)21(16)25(23,24)14-9-7-13(19)8-10-14;1-10-14-4-2-3-12(9-15(10)18)17(14)21(19,20)13-7-5-11(16)6-8-13/h7-12,16-17H,4-6H2,1-3H3;5-8,10,12,14H,2-4,9H2,1H3/b15-11-;. The Morgan fingerprint density at radius 2 is 1.20 bits per heavy atom. The fourth-order valence-electron chi connectivity index (χ4n) is 7.36. The zero-order chi connectivity index (χ0) is 33.6. The lowest BCUT2D eigenvalue weighted by atomic mass is 9.77. The first kappa shape index (κ1) is 35.0. The van der Waals surface area contributed by atoms with Gasteiger partial charge in [0.05, 0.1) is 15.8 Å². The molecule has 2 aromatic carbocycles. The van der Waals surface area contributed by atoms with E-state index < -0.39 is 26.1 Å². The van der Waals surface area contributed by atoms with Crippen LogP contribution in [0.1, 0.15) is 58.8 Å². The summed E-state index contributed by atoms with van der Waals surface area (Å²) in [6, 6.07) is 11.4. The zero-order valence-corrected chi connectivity index (χ0v) is 29.6. The number of Topliss-reactive ketones (excluding diaryl/α,β-unsaturated/α-hetero) is 2. The average Bonchev–Trinajstić information content (AvgIpc) is 3.01. The number of hydrogen-bond acceptors (Lipinski definition) is 7. The number of fused-ring (bicyclic) bond motifs is 4. The topological polar surface area (TPSA) is 112 Å². The number of nitrogens with zero attached hydrogens (tertiary/aromatic N) is 3. The van der Waals surface area contributed by atoms with Gasteiger partial charge in [0.2, 0.25) is 20.0 Å². The predicted octanol–water partition coefficient (Wildman–Crippen LogP) is 5.78. The average molecular weight is 711 g/mol. The Morgan fingerprint density at radius 1 is 0.717 bits per heavy atom. The van der Waals surface area contributed by atoms with Crippen molar-refractivity contribution in [2.75, 3.05) is 14.1 Å². The van der Waals surface area contributed by atoms with Crippen LogP contribution >= 0.6 is 23.2 Å². The van der Waals surface area contributed by atoms with Crippen LogP contribution in [0.5, 0.6) is 0 Å². The van der Waals surface area contributed by atoms with Crippen LogP contribution < -0.4 is 0 Å². The highest BCUT2D eigenvalue weighted by Gasteiger charge is 2.51. The largest absolute Gasteiger partial charge is 0.383 e. The van der Waals surface area contributed by atoms with Crippen molar-refractivity contribution in [1.82, 2.24) is 13.5 Å². The van der Waals surface area contributed by atoms with E-state index in [0.29, 0.717) is 34.9 Å². The van der Waals surface area contributed by atoms with Gasteiger partial charge in [-0.25, -0.2) is 16.8 Å². The Hall–Kier alpha value is -2.28. The highest BCUT2D eigenvalue weighted by atomic mass is 35.5. The molecule has 0 amide bonds. The molecule has 6 atom stereocenters. The van der Waals surface area contributed by atoms with E-state index in [1.807, 2.05) is 32.8 Å². The Morgan fingerprint density at radius 3 is 1.72 bits per heavy atom. The van der Waals surface area contributed by atoms with Crippen molar-refractivity contribution in [2.45, 2.75) is 92.8 Å². The van der Waals surface area contributed by atoms with Gasteiger partial charge in [-0.05, 0) is 80.6 Å². The molecule has 4 aliphatic heterocycles.